The number of carbonyl (C=O) groups excluding carboxylic acids is 2. The molecule has 0 saturated heterocycles. The maximum absolute atomic E-state index is 11.4. The van der Waals surface area contributed by atoms with Crippen molar-refractivity contribution in [1.82, 2.24) is 5.32 Å². The van der Waals surface area contributed by atoms with Gasteiger partial charge in [-0.05, 0) is 20.3 Å². The summed E-state index contributed by atoms with van der Waals surface area (Å²) in [5.41, 5.74) is 0.660. The normalized spacial score (nSPS) is 11.4. The molecule has 2 N–H and O–H groups in total. The first-order valence-electron chi connectivity index (χ1n) is 5.69. The maximum atomic E-state index is 11.4. The molecule has 0 heterocycles. The highest BCUT2D eigenvalue weighted by Crippen LogP contribution is 2.03. The summed E-state index contributed by atoms with van der Waals surface area (Å²) in [6, 6.07) is -1.00. The summed E-state index contributed by atoms with van der Waals surface area (Å²) in [7, 11) is 0. The second-order valence-corrected chi connectivity index (χ2v) is 3.92. The molecule has 18 heavy (non-hydrogen) atoms. The molecule has 1 atom stereocenters. The largest absolute Gasteiger partial charge is 0.480 e. The van der Waals surface area contributed by atoms with Crippen LogP contribution >= 0.6 is 0 Å². The zero-order valence-electron chi connectivity index (χ0n) is 10.7. The summed E-state index contributed by atoms with van der Waals surface area (Å²) in [6.45, 7) is 7.21. The fourth-order valence-electron chi connectivity index (χ4n) is 1.26. The van der Waals surface area contributed by atoms with Crippen LogP contribution in [0.3, 0.4) is 0 Å². The van der Waals surface area contributed by atoms with Crippen molar-refractivity contribution < 1.29 is 24.2 Å². The van der Waals surface area contributed by atoms with Crippen LogP contribution in [0.4, 0.5) is 0 Å². The van der Waals surface area contributed by atoms with Gasteiger partial charge >= 0.3 is 11.9 Å². The van der Waals surface area contributed by atoms with E-state index in [1.165, 1.54) is 0 Å². The molecule has 102 valence electrons. The van der Waals surface area contributed by atoms with Crippen molar-refractivity contribution in [2.75, 3.05) is 6.61 Å². The van der Waals surface area contributed by atoms with E-state index in [4.69, 9.17) is 5.11 Å². The summed E-state index contributed by atoms with van der Waals surface area (Å²) >= 11 is 0. The Balaban J connectivity index is 4.14. The Labute approximate surface area is 106 Å². The molecule has 6 nitrogen and oxygen atoms in total. The molecule has 0 aromatic carbocycles. The fraction of sp³-hybridized carbons (Fsp3) is 0.583. The Morgan fingerprint density at radius 1 is 1.33 bits per heavy atom. The van der Waals surface area contributed by atoms with E-state index in [-0.39, 0.29) is 25.9 Å². The van der Waals surface area contributed by atoms with Crippen molar-refractivity contribution in [3.63, 3.8) is 0 Å². The van der Waals surface area contributed by atoms with Gasteiger partial charge in [0.1, 0.15) is 6.04 Å². The second kappa shape index (κ2) is 8.27. The van der Waals surface area contributed by atoms with Gasteiger partial charge in [0.25, 0.3) is 0 Å². The van der Waals surface area contributed by atoms with E-state index in [2.05, 4.69) is 16.6 Å². The van der Waals surface area contributed by atoms with E-state index in [1.807, 2.05) is 0 Å². The Kier molecular flexibility index (Phi) is 7.42. The van der Waals surface area contributed by atoms with Gasteiger partial charge < -0.3 is 15.2 Å². The highest BCUT2D eigenvalue weighted by atomic mass is 16.5. The fourth-order valence-corrected chi connectivity index (χ4v) is 1.26. The molecular weight excluding hydrogens is 238 g/mol. The Hall–Kier alpha value is -1.85. The molecule has 0 aromatic rings. The lowest BCUT2D eigenvalue weighted by Crippen LogP contribution is -2.41. The summed E-state index contributed by atoms with van der Waals surface area (Å²) in [4.78, 5) is 33.3. The van der Waals surface area contributed by atoms with Crippen LogP contribution in [0.5, 0.6) is 0 Å². The lowest BCUT2D eigenvalue weighted by atomic mass is 10.1. The topological polar surface area (TPSA) is 92.7 Å². The van der Waals surface area contributed by atoms with Crippen molar-refractivity contribution in [3.05, 3.63) is 12.2 Å². The van der Waals surface area contributed by atoms with Gasteiger partial charge in [0.05, 0.1) is 13.0 Å². The smallest absolute Gasteiger partial charge is 0.326 e. The van der Waals surface area contributed by atoms with Crippen LogP contribution in [0.2, 0.25) is 0 Å². The van der Waals surface area contributed by atoms with E-state index in [0.717, 1.165) is 0 Å². The molecule has 0 bridgehead atoms. The van der Waals surface area contributed by atoms with Gasteiger partial charge in [-0.15, -0.1) is 6.58 Å². The van der Waals surface area contributed by atoms with Crippen molar-refractivity contribution in [1.29, 1.82) is 0 Å². The van der Waals surface area contributed by atoms with E-state index in [9.17, 15) is 14.4 Å². The molecule has 0 aliphatic carbocycles. The zero-order valence-corrected chi connectivity index (χ0v) is 10.7. The third-order valence-corrected chi connectivity index (χ3v) is 2.05. The molecule has 0 rings (SSSR count). The number of carboxylic acids is 1. The first-order chi connectivity index (χ1) is 8.36. The minimum Gasteiger partial charge on any atom is -0.480 e. The number of aliphatic carboxylic acids is 1. The highest BCUT2D eigenvalue weighted by Gasteiger charge is 2.20. The van der Waals surface area contributed by atoms with E-state index in [0.29, 0.717) is 5.57 Å². The van der Waals surface area contributed by atoms with Gasteiger partial charge in [0.2, 0.25) is 5.91 Å². The number of carboxylic acid groups (broad SMARTS) is 1. The Morgan fingerprint density at radius 3 is 2.39 bits per heavy atom. The van der Waals surface area contributed by atoms with Crippen LogP contribution < -0.4 is 5.32 Å². The molecule has 0 aliphatic heterocycles. The SMILES string of the molecule is C=C(C)C[C@@H](NC(=O)CCC(=O)OCC)C(=O)O. The number of carbonyl (C=O) groups is 3. The Morgan fingerprint density at radius 2 is 1.94 bits per heavy atom. The summed E-state index contributed by atoms with van der Waals surface area (Å²) in [5.74, 6) is -2.08. The number of hydrogen-bond acceptors (Lipinski definition) is 4. The van der Waals surface area contributed by atoms with Crippen LogP contribution in [-0.4, -0.2) is 35.6 Å². The molecular formula is C12H19NO5. The minimum absolute atomic E-state index is 0.0565. The van der Waals surface area contributed by atoms with Crippen molar-refractivity contribution in [2.45, 2.75) is 39.2 Å². The summed E-state index contributed by atoms with van der Waals surface area (Å²) < 4.78 is 4.66. The van der Waals surface area contributed by atoms with Crippen LogP contribution in [0, 0.1) is 0 Å². The van der Waals surface area contributed by atoms with E-state index >= 15 is 0 Å². The number of nitrogens with one attached hydrogen (secondary N) is 1. The van der Waals surface area contributed by atoms with Crippen LogP contribution in [0.15, 0.2) is 12.2 Å². The van der Waals surface area contributed by atoms with Gasteiger partial charge in [-0.3, -0.25) is 9.59 Å². The Bertz CT molecular complexity index is 337. The van der Waals surface area contributed by atoms with Crippen LogP contribution in [-0.2, 0) is 19.1 Å². The monoisotopic (exact) mass is 257 g/mol. The second-order valence-electron chi connectivity index (χ2n) is 3.92. The number of hydrogen-bond donors (Lipinski definition) is 2. The zero-order chi connectivity index (χ0) is 14.1. The lowest BCUT2D eigenvalue weighted by Gasteiger charge is -2.14. The average Bonchev–Trinajstić information content (AvgIpc) is 2.25. The van der Waals surface area contributed by atoms with E-state index < -0.39 is 23.9 Å². The molecule has 0 saturated carbocycles. The molecule has 0 fully saturated rings. The molecule has 0 spiro atoms. The molecule has 0 aliphatic rings. The standard InChI is InChI=1S/C12H19NO5/c1-4-18-11(15)6-5-10(14)13-9(12(16)17)7-8(2)3/h9H,2,4-7H2,1,3H3,(H,13,14)(H,16,17)/t9-/m1/s1. The third-order valence-electron chi connectivity index (χ3n) is 2.05. The first kappa shape index (κ1) is 16.1. The maximum Gasteiger partial charge on any atom is 0.326 e. The first-order valence-corrected chi connectivity index (χ1v) is 5.69. The summed E-state index contributed by atoms with van der Waals surface area (Å²) in [5, 5.41) is 11.2. The molecule has 0 aromatic heterocycles. The van der Waals surface area contributed by atoms with Gasteiger partial charge in [-0.1, -0.05) is 5.57 Å². The molecule has 0 radical (unpaired) electrons. The number of ether oxygens (including phenoxy) is 1. The average molecular weight is 257 g/mol. The summed E-state index contributed by atoms with van der Waals surface area (Å²) in [6.07, 6.45) is 0.0262. The van der Waals surface area contributed by atoms with Crippen molar-refractivity contribution >= 4 is 17.8 Å². The number of rotatable bonds is 8. The number of amides is 1. The molecule has 0 unspecified atom stereocenters. The van der Waals surface area contributed by atoms with E-state index in [1.54, 1.807) is 13.8 Å². The number of esters is 1. The quantitative estimate of drug-likeness (QED) is 0.497. The molecule has 1 amide bonds. The molecule has 6 heteroatoms. The van der Waals surface area contributed by atoms with Gasteiger partial charge in [0, 0.05) is 6.42 Å². The van der Waals surface area contributed by atoms with Crippen molar-refractivity contribution in [3.8, 4) is 0 Å². The van der Waals surface area contributed by atoms with Gasteiger partial charge in [0.15, 0.2) is 0 Å². The predicted molar refractivity (Wildman–Crippen MR) is 64.9 cm³/mol. The lowest BCUT2D eigenvalue weighted by molar-refractivity contribution is -0.144. The van der Waals surface area contributed by atoms with Crippen LogP contribution in [0.25, 0.3) is 0 Å². The van der Waals surface area contributed by atoms with Crippen LogP contribution in [0.1, 0.15) is 33.1 Å². The minimum atomic E-state index is -1.12. The van der Waals surface area contributed by atoms with Gasteiger partial charge in [-0.25, -0.2) is 4.79 Å². The highest BCUT2D eigenvalue weighted by molar-refractivity contribution is 5.85. The van der Waals surface area contributed by atoms with Gasteiger partial charge in [-0.2, -0.15) is 0 Å². The third kappa shape index (κ3) is 7.43. The van der Waals surface area contributed by atoms with Crippen molar-refractivity contribution in [2.24, 2.45) is 0 Å². The predicted octanol–water partition coefficient (Wildman–Crippen LogP) is 0.865.